The van der Waals surface area contributed by atoms with Crippen molar-refractivity contribution in [3.05, 3.63) is 33.9 Å². The summed E-state index contributed by atoms with van der Waals surface area (Å²) in [7, 11) is 0. The molecule has 0 N–H and O–H groups in total. The van der Waals surface area contributed by atoms with E-state index in [9.17, 15) is 14.4 Å². The van der Waals surface area contributed by atoms with Gasteiger partial charge < -0.3 is 0 Å². The van der Waals surface area contributed by atoms with Gasteiger partial charge in [0.1, 0.15) is 11.6 Å². The second-order valence-corrected chi connectivity index (χ2v) is 10.1. The van der Waals surface area contributed by atoms with Gasteiger partial charge in [-0.25, -0.2) is 0 Å². The number of Topliss-reactive ketones (excluding diaryl/α,β-unsaturated/α-hetero) is 3. The van der Waals surface area contributed by atoms with Gasteiger partial charge in [0.15, 0.2) is 5.78 Å². The van der Waals surface area contributed by atoms with E-state index in [0.29, 0.717) is 12.3 Å². The summed E-state index contributed by atoms with van der Waals surface area (Å²) >= 11 is 0. The van der Waals surface area contributed by atoms with Gasteiger partial charge in [0.2, 0.25) is 0 Å². The molecule has 0 spiro atoms. The highest BCUT2D eigenvalue weighted by atomic mass is 16.1. The Morgan fingerprint density at radius 3 is 2.35 bits per heavy atom. The van der Waals surface area contributed by atoms with Crippen LogP contribution in [0.4, 0.5) is 0 Å². The first-order valence-corrected chi connectivity index (χ1v) is 12.3. The second-order valence-electron chi connectivity index (χ2n) is 10.1. The number of hydrogen-bond acceptors (Lipinski definition) is 3. The van der Waals surface area contributed by atoms with Crippen LogP contribution in [0.5, 0.6) is 0 Å². The molecule has 1 aromatic rings. The Balaban J connectivity index is 2.33. The summed E-state index contributed by atoms with van der Waals surface area (Å²) in [5, 5.41) is 0. The Morgan fingerprint density at radius 2 is 1.81 bits per heavy atom. The number of benzene rings is 1. The van der Waals surface area contributed by atoms with E-state index < -0.39 is 0 Å². The Bertz CT molecular complexity index is 818. The lowest BCUT2D eigenvalue weighted by molar-refractivity contribution is -0.129. The second kappa shape index (κ2) is 11.2. The molecule has 1 aliphatic rings. The van der Waals surface area contributed by atoms with E-state index in [1.54, 1.807) is 0 Å². The minimum Gasteiger partial charge on any atom is -0.300 e. The van der Waals surface area contributed by atoms with E-state index in [1.165, 1.54) is 23.6 Å². The average molecular weight is 427 g/mol. The largest absolute Gasteiger partial charge is 0.300 e. The van der Waals surface area contributed by atoms with Gasteiger partial charge in [0.05, 0.1) is 6.42 Å². The summed E-state index contributed by atoms with van der Waals surface area (Å²) in [5.74, 6) is 1.16. The van der Waals surface area contributed by atoms with Crippen LogP contribution >= 0.6 is 0 Å². The van der Waals surface area contributed by atoms with Crippen molar-refractivity contribution in [1.82, 2.24) is 0 Å². The Hall–Kier alpha value is -1.77. The molecular formula is C28H42O3. The number of aryl methyl sites for hydroxylation is 1. The smallest absolute Gasteiger partial charge is 0.163 e. The van der Waals surface area contributed by atoms with E-state index in [4.69, 9.17) is 0 Å². The van der Waals surface area contributed by atoms with Crippen molar-refractivity contribution in [2.45, 2.75) is 106 Å². The standard InChI is InChI=1S/C28H42O3/c1-8-10-11-22(23(9-2)26(30)13-19(6)29)14-21-15-25-24(17(3)4)12-18(5)20(7)28(25)27(31)16-21/h12,17,21-23H,8-11,13-16H2,1-7H3. The van der Waals surface area contributed by atoms with Crippen LogP contribution in [-0.2, 0) is 16.0 Å². The first-order chi connectivity index (χ1) is 14.6. The van der Waals surface area contributed by atoms with Gasteiger partial charge in [-0.2, -0.15) is 0 Å². The quantitative estimate of drug-likeness (QED) is 0.360. The van der Waals surface area contributed by atoms with Gasteiger partial charge >= 0.3 is 0 Å². The topological polar surface area (TPSA) is 51.2 Å². The van der Waals surface area contributed by atoms with Gasteiger partial charge in [0.25, 0.3) is 0 Å². The summed E-state index contributed by atoms with van der Waals surface area (Å²) in [6.07, 6.45) is 6.40. The van der Waals surface area contributed by atoms with Crippen LogP contribution in [0.15, 0.2) is 6.07 Å². The molecular weight excluding hydrogens is 384 g/mol. The highest BCUT2D eigenvalue weighted by Crippen LogP contribution is 2.39. The molecule has 3 heteroatoms. The molecule has 0 amide bonds. The molecule has 0 bridgehead atoms. The monoisotopic (exact) mass is 426 g/mol. The molecule has 0 heterocycles. The predicted octanol–water partition coefficient (Wildman–Crippen LogP) is 6.94. The molecule has 0 saturated heterocycles. The molecule has 3 nitrogen and oxygen atoms in total. The molecule has 3 atom stereocenters. The third kappa shape index (κ3) is 6.14. The number of fused-ring (bicyclic) bond motifs is 1. The van der Waals surface area contributed by atoms with Gasteiger partial charge in [-0.3, -0.25) is 14.4 Å². The van der Waals surface area contributed by atoms with Crippen molar-refractivity contribution in [2.24, 2.45) is 17.8 Å². The van der Waals surface area contributed by atoms with E-state index in [-0.39, 0.29) is 41.5 Å². The molecule has 0 aliphatic heterocycles. The minimum atomic E-state index is -0.0729. The SMILES string of the molecule is CCCCC(CC1CC(=O)c2c(C)c(C)cc(C(C)C)c2C1)C(CC)C(=O)CC(C)=O. The summed E-state index contributed by atoms with van der Waals surface area (Å²) in [6, 6.07) is 2.27. The van der Waals surface area contributed by atoms with Gasteiger partial charge in [-0.05, 0) is 86.5 Å². The number of carbonyl (C=O) groups excluding carboxylic acids is 3. The van der Waals surface area contributed by atoms with Crippen LogP contribution in [0, 0.1) is 31.6 Å². The summed E-state index contributed by atoms with van der Waals surface area (Å²) in [5.41, 5.74) is 5.85. The fourth-order valence-corrected chi connectivity index (χ4v) is 5.58. The predicted molar refractivity (Wildman–Crippen MR) is 128 cm³/mol. The molecule has 0 radical (unpaired) electrons. The van der Waals surface area contributed by atoms with Crippen LogP contribution in [0.3, 0.4) is 0 Å². The molecule has 31 heavy (non-hydrogen) atoms. The van der Waals surface area contributed by atoms with Crippen molar-refractivity contribution in [3.8, 4) is 0 Å². The molecule has 1 aliphatic carbocycles. The lowest BCUT2D eigenvalue weighted by Crippen LogP contribution is -2.30. The molecule has 0 aromatic heterocycles. The van der Waals surface area contributed by atoms with Crippen molar-refractivity contribution in [2.75, 3.05) is 0 Å². The highest BCUT2D eigenvalue weighted by Gasteiger charge is 2.34. The van der Waals surface area contributed by atoms with Crippen LogP contribution in [0.25, 0.3) is 0 Å². The zero-order valence-corrected chi connectivity index (χ0v) is 20.8. The maximum atomic E-state index is 13.2. The maximum Gasteiger partial charge on any atom is 0.163 e. The number of rotatable bonds is 11. The Kier molecular flexibility index (Phi) is 9.21. The third-order valence-corrected chi connectivity index (χ3v) is 7.27. The molecule has 0 saturated carbocycles. The van der Waals surface area contributed by atoms with Crippen molar-refractivity contribution < 1.29 is 14.4 Å². The Labute approximate surface area is 189 Å². The Morgan fingerprint density at radius 1 is 1.13 bits per heavy atom. The maximum absolute atomic E-state index is 13.2. The summed E-state index contributed by atoms with van der Waals surface area (Å²) in [4.78, 5) is 37.7. The molecule has 1 aromatic carbocycles. The lowest BCUT2D eigenvalue weighted by atomic mass is 9.70. The minimum absolute atomic E-state index is 0.0452. The number of carbonyl (C=O) groups is 3. The summed E-state index contributed by atoms with van der Waals surface area (Å²) < 4.78 is 0. The normalized spacial score (nSPS) is 18.1. The zero-order valence-electron chi connectivity index (χ0n) is 20.8. The molecule has 172 valence electrons. The van der Waals surface area contributed by atoms with Crippen molar-refractivity contribution >= 4 is 17.3 Å². The average Bonchev–Trinajstić information content (AvgIpc) is 2.68. The van der Waals surface area contributed by atoms with E-state index >= 15 is 0 Å². The highest BCUT2D eigenvalue weighted by molar-refractivity contribution is 6.01. The van der Waals surface area contributed by atoms with Crippen molar-refractivity contribution in [3.63, 3.8) is 0 Å². The molecule has 0 fully saturated rings. The number of hydrogen-bond donors (Lipinski definition) is 0. The van der Waals surface area contributed by atoms with Gasteiger partial charge in [-0.1, -0.05) is 46.6 Å². The molecule has 2 rings (SSSR count). The first-order valence-electron chi connectivity index (χ1n) is 12.3. The zero-order chi connectivity index (χ0) is 23.3. The third-order valence-electron chi connectivity index (χ3n) is 7.27. The van der Waals surface area contributed by atoms with Crippen LogP contribution < -0.4 is 0 Å². The van der Waals surface area contributed by atoms with Gasteiger partial charge in [0, 0.05) is 17.9 Å². The van der Waals surface area contributed by atoms with E-state index in [1.807, 2.05) is 0 Å². The number of unbranched alkanes of at least 4 members (excludes halogenated alkanes) is 1. The van der Waals surface area contributed by atoms with E-state index in [2.05, 4.69) is 47.6 Å². The fraction of sp³-hybridized carbons (Fsp3) is 0.679. The molecule has 3 unspecified atom stereocenters. The fourth-order valence-electron chi connectivity index (χ4n) is 5.58. The van der Waals surface area contributed by atoms with Crippen LogP contribution in [0.2, 0.25) is 0 Å². The summed E-state index contributed by atoms with van der Waals surface area (Å²) in [6.45, 7) is 14.3. The lowest BCUT2D eigenvalue weighted by Gasteiger charge is -2.33. The van der Waals surface area contributed by atoms with Crippen LogP contribution in [-0.4, -0.2) is 17.3 Å². The van der Waals surface area contributed by atoms with Crippen LogP contribution in [0.1, 0.15) is 118 Å². The van der Waals surface area contributed by atoms with Gasteiger partial charge in [-0.15, -0.1) is 0 Å². The van der Waals surface area contributed by atoms with E-state index in [0.717, 1.165) is 49.7 Å². The van der Waals surface area contributed by atoms with Crippen molar-refractivity contribution in [1.29, 1.82) is 0 Å². The first kappa shape index (κ1) is 25.5. The number of ketones is 3.